The van der Waals surface area contributed by atoms with Gasteiger partial charge in [-0.3, -0.25) is 9.59 Å². The number of amides is 1. The first kappa shape index (κ1) is 18.8. The van der Waals surface area contributed by atoms with Gasteiger partial charge in [0.25, 0.3) is 0 Å². The van der Waals surface area contributed by atoms with Crippen molar-refractivity contribution in [1.82, 2.24) is 10.0 Å². The molecule has 1 aromatic carbocycles. The van der Waals surface area contributed by atoms with Gasteiger partial charge in [0.05, 0.1) is 4.90 Å². The standard InChI is InChI=1S/C18H24N2O5S/c1-2-20-26(24,25)14-6-4-13(5-7-14)10-19-15(21)18(16(22)23)11-17(12-18)8-3-9-17/h4-7,20H,2-3,8-12H2,1H3,(H,19,21)(H,22,23). The van der Waals surface area contributed by atoms with E-state index >= 15 is 0 Å². The average Bonchev–Trinajstić information content (AvgIpc) is 2.50. The fraction of sp³-hybridized carbons (Fsp3) is 0.556. The van der Waals surface area contributed by atoms with Gasteiger partial charge < -0.3 is 10.4 Å². The summed E-state index contributed by atoms with van der Waals surface area (Å²) in [4.78, 5) is 24.3. The minimum absolute atomic E-state index is 0.0675. The molecule has 0 unspecified atom stereocenters. The lowest BCUT2D eigenvalue weighted by Crippen LogP contribution is -2.61. The molecule has 3 rings (SSSR count). The van der Waals surface area contributed by atoms with Crippen LogP contribution in [0.25, 0.3) is 0 Å². The van der Waals surface area contributed by atoms with Crippen LogP contribution in [0, 0.1) is 10.8 Å². The zero-order valence-electron chi connectivity index (χ0n) is 14.7. The number of rotatable bonds is 7. The molecule has 0 aromatic heterocycles. The number of carbonyl (C=O) groups is 2. The van der Waals surface area contributed by atoms with Crippen LogP contribution in [-0.4, -0.2) is 31.9 Å². The SMILES string of the molecule is CCNS(=O)(=O)c1ccc(CNC(=O)C2(C(=O)O)CC3(CCC3)C2)cc1. The maximum Gasteiger partial charge on any atom is 0.319 e. The van der Waals surface area contributed by atoms with Crippen molar-refractivity contribution in [2.24, 2.45) is 10.8 Å². The van der Waals surface area contributed by atoms with Crippen LogP contribution in [0.3, 0.4) is 0 Å². The summed E-state index contributed by atoms with van der Waals surface area (Å²) >= 11 is 0. The van der Waals surface area contributed by atoms with E-state index in [1.54, 1.807) is 19.1 Å². The molecule has 1 spiro atoms. The van der Waals surface area contributed by atoms with Gasteiger partial charge in [0.2, 0.25) is 15.9 Å². The fourth-order valence-electron chi connectivity index (χ4n) is 4.08. The first-order chi connectivity index (χ1) is 12.2. The van der Waals surface area contributed by atoms with E-state index in [1.807, 2.05) is 0 Å². The highest BCUT2D eigenvalue weighted by atomic mass is 32.2. The minimum Gasteiger partial charge on any atom is -0.480 e. The van der Waals surface area contributed by atoms with Gasteiger partial charge in [0.15, 0.2) is 0 Å². The van der Waals surface area contributed by atoms with Gasteiger partial charge in [-0.1, -0.05) is 25.5 Å². The molecule has 1 aromatic rings. The molecule has 2 aliphatic carbocycles. The Morgan fingerprint density at radius 3 is 2.23 bits per heavy atom. The number of aliphatic carboxylic acids is 1. The Balaban J connectivity index is 1.61. The lowest BCUT2D eigenvalue weighted by molar-refractivity contribution is -0.181. The Hall–Kier alpha value is -1.93. The molecule has 142 valence electrons. The number of carboxylic acids is 1. The van der Waals surface area contributed by atoms with Crippen molar-refractivity contribution in [3.05, 3.63) is 29.8 Å². The molecule has 7 nitrogen and oxygen atoms in total. The molecule has 3 N–H and O–H groups in total. The van der Waals surface area contributed by atoms with Gasteiger partial charge in [-0.05, 0) is 48.8 Å². The lowest BCUT2D eigenvalue weighted by atomic mass is 9.45. The number of nitrogens with one attached hydrogen (secondary N) is 2. The van der Waals surface area contributed by atoms with Crippen LogP contribution in [0.1, 0.15) is 44.6 Å². The Morgan fingerprint density at radius 2 is 1.77 bits per heavy atom. The third-order valence-corrected chi connectivity index (χ3v) is 7.19. The second kappa shape index (κ2) is 6.66. The Labute approximate surface area is 153 Å². The fourth-order valence-corrected chi connectivity index (χ4v) is 5.12. The minimum atomic E-state index is -3.51. The van der Waals surface area contributed by atoms with Crippen molar-refractivity contribution in [1.29, 1.82) is 0 Å². The number of benzene rings is 1. The van der Waals surface area contributed by atoms with E-state index in [0.29, 0.717) is 24.9 Å². The van der Waals surface area contributed by atoms with Gasteiger partial charge in [0, 0.05) is 13.1 Å². The summed E-state index contributed by atoms with van der Waals surface area (Å²) in [5, 5.41) is 12.3. The van der Waals surface area contributed by atoms with Crippen molar-refractivity contribution < 1.29 is 23.1 Å². The van der Waals surface area contributed by atoms with Crippen molar-refractivity contribution in [2.75, 3.05) is 6.54 Å². The van der Waals surface area contributed by atoms with Crippen molar-refractivity contribution in [3.63, 3.8) is 0 Å². The average molecular weight is 380 g/mol. The highest BCUT2D eigenvalue weighted by Gasteiger charge is 2.64. The maximum atomic E-state index is 12.5. The summed E-state index contributed by atoms with van der Waals surface area (Å²) in [6, 6.07) is 6.18. The highest BCUT2D eigenvalue weighted by molar-refractivity contribution is 7.89. The van der Waals surface area contributed by atoms with Gasteiger partial charge in [-0.15, -0.1) is 0 Å². The first-order valence-corrected chi connectivity index (χ1v) is 10.3. The number of carboxylic acid groups (broad SMARTS) is 1. The number of hydrogen-bond donors (Lipinski definition) is 3. The van der Waals surface area contributed by atoms with Crippen molar-refractivity contribution in [3.8, 4) is 0 Å². The summed E-state index contributed by atoms with van der Waals surface area (Å²) in [7, 11) is -3.51. The van der Waals surface area contributed by atoms with E-state index < -0.39 is 27.3 Å². The zero-order chi connectivity index (χ0) is 19.0. The van der Waals surface area contributed by atoms with Crippen molar-refractivity contribution >= 4 is 21.9 Å². The second-order valence-corrected chi connectivity index (χ2v) is 9.19. The largest absolute Gasteiger partial charge is 0.480 e. The predicted octanol–water partition coefficient (Wildman–Crippen LogP) is 1.64. The second-order valence-electron chi connectivity index (χ2n) is 7.42. The molecule has 8 heteroatoms. The third-order valence-electron chi connectivity index (χ3n) is 5.63. The molecule has 0 bridgehead atoms. The van der Waals surface area contributed by atoms with Crippen molar-refractivity contribution in [2.45, 2.75) is 50.5 Å². The van der Waals surface area contributed by atoms with Crippen LogP contribution in [0.4, 0.5) is 0 Å². The summed E-state index contributed by atoms with van der Waals surface area (Å²) in [5.74, 6) is -1.51. The van der Waals surface area contributed by atoms with Gasteiger partial charge in [-0.25, -0.2) is 13.1 Å². The smallest absolute Gasteiger partial charge is 0.319 e. The van der Waals surface area contributed by atoms with E-state index in [-0.39, 0.29) is 16.9 Å². The highest BCUT2D eigenvalue weighted by Crippen LogP contribution is 2.64. The van der Waals surface area contributed by atoms with E-state index in [1.165, 1.54) is 12.1 Å². The molecular weight excluding hydrogens is 356 g/mol. The third kappa shape index (κ3) is 3.23. The van der Waals surface area contributed by atoms with E-state index in [9.17, 15) is 23.1 Å². The van der Waals surface area contributed by atoms with Gasteiger partial charge >= 0.3 is 5.97 Å². The van der Waals surface area contributed by atoms with Crippen LogP contribution < -0.4 is 10.0 Å². The first-order valence-electron chi connectivity index (χ1n) is 8.83. The Kier molecular flexibility index (Phi) is 4.83. The van der Waals surface area contributed by atoms with E-state index in [2.05, 4.69) is 10.0 Å². The normalized spacial score (nSPS) is 20.0. The van der Waals surface area contributed by atoms with E-state index in [0.717, 1.165) is 19.3 Å². The number of carbonyl (C=O) groups excluding carboxylic acids is 1. The van der Waals surface area contributed by atoms with Gasteiger partial charge in [0.1, 0.15) is 5.41 Å². The molecule has 0 saturated heterocycles. The monoisotopic (exact) mass is 380 g/mol. The Bertz CT molecular complexity index is 804. The molecule has 1 amide bonds. The summed E-state index contributed by atoms with van der Waals surface area (Å²) < 4.78 is 26.2. The molecule has 2 aliphatic rings. The maximum absolute atomic E-state index is 12.5. The quantitative estimate of drug-likeness (QED) is 0.623. The molecule has 0 radical (unpaired) electrons. The molecule has 0 atom stereocenters. The predicted molar refractivity (Wildman–Crippen MR) is 94.7 cm³/mol. The summed E-state index contributed by atoms with van der Waals surface area (Å²) in [6.07, 6.45) is 3.97. The van der Waals surface area contributed by atoms with Crippen LogP contribution >= 0.6 is 0 Å². The van der Waals surface area contributed by atoms with Gasteiger partial charge in [-0.2, -0.15) is 0 Å². The van der Waals surface area contributed by atoms with Crippen LogP contribution in [0.5, 0.6) is 0 Å². The topological polar surface area (TPSA) is 113 Å². The lowest BCUT2D eigenvalue weighted by Gasteiger charge is -2.58. The van der Waals surface area contributed by atoms with Crippen LogP contribution in [-0.2, 0) is 26.2 Å². The summed E-state index contributed by atoms with van der Waals surface area (Å²) in [6.45, 7) is 2.18. The number of sulfonamides is 1. The van der Waals surface area contributed by atoms with Crippen LogP contribution in [0.15, 0.2) is 29.2 Å². The summed E-state index contributed by atoms with van der Waals surface area (Å²) in [5.41, 5.74) is -0.528. The van der Waals surface area contributed by atoms with Crippen LogP contribution in [0.2, 0.25) is 0 Å². The molecule has 2 saturated carbocycles. The molecule has 0 aliphatic heterocycles. The van der Waals surface area contributed by atoms with E-state index in [4.69, 9.17) is 0 Å². The Morgan fingerprint density at radius 1 is 1.15 bits per heavy atom. The molecular formula is C18H24N2O5S. The zero-order valence-corrected chi connectivity index (χ0v) is 15.6. The molecule has 0 heterocycles. The molecule has 26 heavy (non-hydrogen) atoms. The number of hydrogen-bond acceptors (Lipinski definition) is 4. The molecule has 2 fully saturated rings.